The highest BCUT2D eigenvalue weighted by Gasteiger charge is 2.53. The molecule has 1 aromatic carbocycles. The number of unbranched alkanes of at least 4 members (excludes halogenated alkanes) is 4. The van der Waals surface area contributed by atoms with E-state index < -0.39 is 23.2 Å². The average Bonchev–Trinajstić information content (AvgIpc) is 3.44. The molecule has 0 aromatic heterocycles. The van der Waals surface area contributed by atoms with E-state index in [1.807, 2.05) is 26.1 Å². The van der Waals surface area contributed by atoms with Gasteiger partial charge in [0.1, 0.15) is 6.10 Å². The van der Waals surface area contributed by atoms with Gasteiger partial charge in [0.05, 0.1) is 16.8 Å². The molecular formula is C55H89F2N3O3. The zero-order valence-electron chi connectivity index (χ0n) is 42.4. The fraction of sp³-hybridized carbons (Fsp3) is 0.618. The second-order valence-corrected chi connectivity index (χ2v) is 18.2. The van der Waals surface area contributed by atoms with Crippen LogP contribution in [0.2, 0.25) is 0 Å². The fourth-order valence-electron chi connectivity index (χ4n) is 7.67. The molecule has 1 heterocycles. The Hall–Kier alpha value is -3.91. The van der Waals surface area contributed by atoms with E-state index in [2.05, 4.69) is 97.0 Å². The number of aliphatic hydroxyl groups is 1. The van der Waals surface area contributed by atoms with E-state index in [9.17, 15) is 18.4 Å². The summed E-state index contributed by atoms with van der Waals surface area (Å²) in [4.78, 5) is 31.7. The van der Waals surface area contributed by atoms with Gasteiger partial charge in [-0.15, -0.1) is 0 Å². The fourth-order valence-corrected chi connectivity index (χ4v) is 7.67. The van der Waals surface area contributed by atoms with Crippen molar-refractivity contribution in [1.29, 1.82) is 0 Å². The highest BCUT2D eigenvalue weighted by molar-refractivity contribution is 6.09. The van der Waals surface area contributed by atoms with Gasteiger partial charge in [-0.25, -0.2) is 8.78 Å². The minimum atomic E-state index is -1.14. The van der Waals surface area contributed by atoms with E-state index in [4.69, 9.17) is 10.1 Å². The molecule has 6 nitrogen and oxygen atoms in total. The molecule has 3 rings (SSSR count). The van der Waals surface area contributed by atoms with Crippen molar-refractivity contribution in [3.05, 3.63) is 95.0 Å². The maximum absolute atomic E-state index is 14.5. The quantitative estimate of drug-likeness (QED) is 0.0732. The first kappa shape index (κ1) is 59.1. The molecule has 1 aliphatic heterocycles. The zero-order valence-corrected chi connectivity index (χ0v) is 42.4. The van der Waals surface area contributed by atoms with Crippen molar-refractivity contribution < 1.29 is 23.5 Å². The molecule has 0 radical (unpaired) electrons. The monoisotopic (exact) mass is 878 g/mol. The summed E-state index contributed by atoms with van der Waals surface area (Å²) in [5.74, 6) is -0.549. The number of carbonyl (C=O) groups excluding carboxylic acids is 2. The lowest BCUT2D eigenvalue weighted by molar-refractivity contribution is -0.129. The summed E-state index contributed by atoms with van der Waals surface area (Å²) in [6, 6.07) is 6.60. The van der Waals surface area contributed by atoms with Crippen LogP contribution in [-0.4, -0.2) is 35.2 Å². The van der Waals surface area contributed by atoms with E-state index in [1.54, 1.807) is 33.8 Å². The Morgan fingerprint density at radius 2 is 1.49 bits per heavy atom. The third kappa shape index (κ3) is 19.0. The van der Waals surface area contributed by atoms with Crippen LogP contribution < -0.4 is 10.2 Å². The maximum atomic E-state index is 14.5. The smallest absolute Gasteiger partial charge is 0.237 e. The first-order valence-corrected chi connectivity index (χ1v) is 24.1. The number of fused-ring (bicyclic) bond motifs is 1. The molecule has 1 fully saturated rings. The first-order valence-electron chi connectivity index (χ1n) is 24.1. The third-order valence-electron chi connectivity index (χ3n) is 11.3. The van der Waals surface area contributed by atoms with Crippen LogP contribution in [0, 0.1) is 17.8 Å². The second-order valence-electron chi connectivity index (χ2n) is 18.2. The van der Waals surface area contributed by atoms with Gasteiger partial charge in [0.2, 0.25) is 5.91 Å². The van der Waals surface area contributed by atoms with Crippen LogP contribution in [0.25, 0.3) is 5.57 Å². The number of hydrogen-bond acceptors (Lipinski definition) is 5. The Kier molecular flexibility index (Phi) is 29.1. The molecular weight excluding hydrogens is 789 g/mol. The van der Waals surface area contributed by atoms with Crippen LogP contribution in [0.15, 0.2) is 88.9 Å². The maximum Gasteiger partial charge on any atom is 0.237 e. The van der Waals surface area contributed by atoms with Crippen LogP contribution in [0.3, 0.4) is 0 Å². The summed E-state index contributed by atoms with van der Waals surface area (Å²) in [5, 5.41) is 11.6. The van der Waals surface area contributed by atoms with E-state index in [0.29, 0.717) is 17.3 Å². The minimum Gasteiger partial charge on any atom is -0.386 e. The van der Waals surface area contributed by atoms with Gasteiger partial charge in [-0.05, 0) is 112 Å². The lowest BCUT2D eigenvalue weighted by Crippen LogP contribution is -2.50. The number of halogens is 2. The summed E-state index contributed by atoms with van der Waals surface area (Å²) >= 11 is 0. The van der Waals surface area contributed by atoms with Crippen LogP contribution in [0.5, 0.6) is 0 Å². The van der Waals surface area contributed by atoms with Crippen molar-refractivity contribution in [3.63, 3.8) is 0 Å². The molecule has 1 aliphatic carbocycles. The average molecular weight is 878 g/mol. The number of anilines is 1. The number of aliphatic imine (C=N–C) groups is 1. The van der Waals surface area contributed by atoms with Crippen LogP contribution in [0.1, 0.15) is 198 Å². The molecule has 2 N–H and O–H groups in total. The number of amides is 1. The molecule has 0 saturated heterocycles. The van der Waals surface area contributed by atoms with Crippen LogP contribution in [0.4, 0.5) is 14.5 Å². The van der Waals surface area contributed by atoms with Crippen molar-refractivity contribution in [2.75, 3.05) is 4.90 Å². The molecule has 1 atom stereocenters. The van der Waals surface area contributed by atoms with E-state index in [-0.39, 0.29) is 29.3 Å². The zero-order chi connectivity index (χ0) is 48.4. The lowest BCUT2D eigenvalue weighted by Gasteiger charge is -2.42. The Labute approximate surface area is 384 Å². The summed E-state index contributed by atoms with van der Waals surface area (Å²) in [6.07, 6.45) is 20.6. The second kappa shape index (κ2) is 31.0. The molecule has 63 heavy (non-hydrogen) atoms. The van der Waals surface area contributed by atoms with Gasteiger partial charge in [0.25, 0.3) is 0 Å². The predicted octanol–water partition coefficient (Wildman–Crippen LogP) is 15.8. The molecule has 0 bridgehead atoms. The van der Waals surface area contributed by atoms with Crippen molar-refractivity contribution in [2.45, 2.75) is 205 Å². The Morgan fingerprint density at radius 1 is 0.937 bits per heavy atom. The first-order chi connectivity index (χ1) is 29.7. The van der Waals surface area contributed by atoms with Gasteiger partial charge < -0.3 is 15.3 Å². The highest BCUT2D eigenvalue weighted by atomic mass is 19.2. The number of nitrogens with one attached hydrogen (secondary N) is 1. The third-order valence-corrected chi connectivity index (χ3v) is 11.3. The van der Waals surface area contributed by atoms with Crippen LogP contribution in [-0.2, 0) is 15.0 Å². The number of nitrogens with zero attached hydrogens (tertiary/aromatic N) is 2. The Morgan fingerprint density at radius 3 is 1.90 bits per heavy atom. The van der Waals surface area contributed by atoms with Gasteiger partial charge in [0, 0.05) is 29.6 Å². The molecule has 1 aromatic rings. The Bertz CT molecular complexity index is 1720. The molecule has 1 saturated carbocycles. The van der Waals surface area contributed by atoms with Crippen molar-refractivity contribution >= 4 is 29.2 Å². The highest BCUT2D eigenvalue weighted by Crippen LogP contribution is 2.52. The number of aliphatic hydroxyl groups excluding tert-OH is 1. The normalized spacial score (nSPS) is 18.0. The number of benzene rings is 1. The molecule has 8 heteroatoms. The molecule has 0 spiro atoms. The standard InChI is InChI=1S/C38H51F2N3O.C7H16.C6H12O2.C4H10/c1-10-15-33(36(40)27(8)39)42-28(9)26(7)34(41-20-13-4)21-25(6)30-16-17-32-35(24-30)43(31-22-29(14-5)23-31)37(44)38(32,18-11-2)19-12-3;1-3-5-7-6-4-2;1-4(2)6(8)5(3)7;1-4(2)3/h10,15-17,20-21,24,29,31,42H,6,8,11-14,18-19,22-23H2,1-5,7,9H3;3-7H2,1-2H3;4-5,7H,1-3H3;4H,1-3H3/b15-10-,28-26+,34-21+,36-33-,41-20?;;;. The Balaban J connectivity index is 0.00000168. The van der Waals surface area contributed by atoms with Gasteiger partial charge >= 0.3 is 0 Å². The van der Waals surface area contributed by atoms with Gasteiger partial charge in [-0.3, -0.25) is 14.6 Å². The number of carbonyl (C=O) groups is 2. The van der Waals surface area contributed by atoms with E-state index >= 15 is 0 Å². The molecule has 2 aliphatic rings. The summed E-state index contributed by atoms with van der Waals surface area (Å²) in [5.41, 5.74) is 5.41. The summed E-state index contributed by atoms with van der Waals surface area (Å²) in [6.45, 7) is 37.5. The number of ketones is 1. The number of rotatable bonds is 21. The summed E-state index contributed by atoms with van der Waals surface area (Å²) < 4.78 is 28.1. The minimum absolute atomic E-state index is 0.0122. The SMILES string of the molecule is C=C(F)/C(F)=C(\C=C/C)N/C(C)=C(C)/C(=C\C(=C)c1ccc2c(c1)N(C1CC(CC)C1)C(=O)C2(CCC)CCC)N=CCC.CC(C)C.CC(C)C(=O)C(C)O.CCCCCCC. The molecule has 1 amide bonds. The number of hydrogen-bond donors (Lipinski definition) is 2. The van der Waals surface area contributed by atoms with E-state index in [0.717, 1.165) is 85.2 Å². The van der Waals surface area contributed by atoms with Crippen molar-refractivity contribution in [1.82, 2.24) is 5.32 Å². The predicted molar refractivity (Wildman–Crippen MR) is 269 cm³/mol. The van der Waals surface area contributed by atoms with Gasteiger partial charge in [0.15, 0.2) is 17.4 Å². The molecule has 356 valence electrons. The summed E-state index contributed by atoms with van der Waals surface area (Å²) in [7, 11) is 0. The molecule has 1 unspecified atom stereocenters. The largest absolute Gasteiger partial charge is 0.386 e. The van der Waals surface area contributed by atoms with Crippen LogP contribution >= 0.6 is 0 Å². The lowest BCUT2D eigenvalue weighted by atomic mass is 9.73. The number of allylic oxidation sites excluding steroid dienone is 8. The number of Topliss-reactive ketones (excluding diaryl/α,β-unsaturated/α-hetero) is 1. The van der Waals surface area contributed by atoms with E-state index in [1.165, 1.54) is 45.1 Å². The van der Waals surface area contributed by atoms with Crippen molar-refractivity contribution in [3.8, 4) is 0 Å². The topological polar surface area (TPSA) is 82.0 Å². The van der Waals surface area contributed by atoms with Gasteiger partial charge in [-0.1, -0.05) is 159 Å². The van der Waals surface area contributed by atoms with Gasteiger partial charge in [-0.2, -0.15) is 0 Å². The van der Waals surface area contributed by atoms with Crippen molar-refractivity contribution in [2.24, 2.45) is 22.7 Å².